The standard InChI is InChI=1S/C3H8O6P2/c1-7-11(6,8-2)3-9-10(4)5/h3H2,1-2H3/p+1. The van der Waals surface area contributed by atoms with Crippen molar-refractivity contribution in [2.45, 2.75) is 0 Å². The zero-order valence-corrected chi connectivity index (χ0v) is 7.88. The molecule has 1 N–H and O–H groups in total. The molecule has 0 radical (unpaired) electrons. The summed E-state index contributed by atoms with van der Waals surface area (Å²) in [6.07, 6.45) is -0.522. The van der Waals surface area contributed by atoms with Gasteiger partial charge in [0, 0.05) is 18.8 Å². The van der Waals surface area contributed by atoms with E-state index >= 15 is 0 Å². The molecule has 8 heteroatoms. The second kappa shape index (κ2) is 4.93. The molecule has 0 fully saturated rings. The first kappa shape index (κ1) is 11.2. The van der Waals surface area contributed by atoms with E-state index in [2.05, 4.69) is 13.6 Å². The van der Waals surface area contributed by atoms with Crippen LogP contribution in [0.25, 0.3) is 0 Å². The summed E-state index contributed by atoms with van der Waals surface area (Å²) in [5, 5.41) is 0. The Morgan fingerprint density at radius 1 is 1.45 bits per heavy atom. The van der Waals surface area contributed by atoms with Gasteiger partial charge in [0.05, 0.1) is 0 Å². The fourth-order valence-electron chi connectivity index (χ4n) is 0.300. The van der Waals surface area contributed by atoms with Crippen molar-refractivity contribution in [3.63, 3.8) is 0 Å². The highest BCUT2D eigenvalue weighted by molar-refractivity contribution is 7.54. The molecule has 0 aromatic heterocycles. The van der Waals surface area contributed by atoms with Gasteiger partial charge in [-0.25, -0.2) is 0 Å². The van der Waals surface area contributed by atoms with E-state index in [0.717, 1.165) is 14.2 Å². The summed E-state index contributed by atoms with van der Waals surface area (Å²) in [5.41, 5.74) is 0. The second-order valence-corrected chi connectivity index (χ2v) is 4.42. The molecular weight excluding hydrogens is 194 g/mol. The van der Waals surface area contributed by atoms with Crippen molar-refractivity contribution in [1.29, 1.82) is 0 Å². The first-order valence-electron chi connectivity index (χ1n) is 2.53. The predicted octanol–water partition coefficient (Wildman–Crippen LogP) is 1.10. The lowest BCUT2D eigenvalue weighted by Crippen LogP contribution is -1.94. The molecule has 0 amide bonds. The molecule has 0 aromatic rings. The van der Waals surface area contributed by atoms with Crippen molar-refractivity contribution in [2.24, 2.45) is 0 Å². The molecule has 66 valence electrons. The lowest BCUT2D eigenvalue weighted by atomic mass is 11.7. The summed E-state index contributed by atoms with van der Waals surface area (Å²) in [5.74, 6) is 0. The molecule has 0 aliphatic carbocycles. The van der Waals surface area contributed by atoms with Crippen molar-refractivity contribution >= 4 is 15.9 Å². The average molecular weight is 203 g/mol. The van der Waals surface area contributed by atoms with Gasteiger partial charge in [-0.1, -0.05) is 0 Å². The Labute approximate surface area is 64.9 Å². The summed E-state index contributed by atoms with van der Waals surface area (Å²) in [4.78, 5) is 8.16. The van der Waals surface area contributed by atoms with Gasteiger partial charge in [0.15, 0.2) is 0 Å². The lowest BCUT2D eigenvalue weighted by molar-refractivity contribution is 0.233. The highest BCUT2D eigenvalue weighted by atomic mass is 31.2. The summed E-state index contributed by atoms with van der Waals surface area (Å²) >= 11 is 0. The van der Waals surface area contributed by atoms with Crippen molar-refractivity contribution in [1.82, 2.24) is 0 Å². The third kappa shape index (κ3) is 4.58. The number of hydrogen-bond donors (Lipinski definition) is 1. The Balaban J connectivity index is 3.89. The van der Waals surface area contributed by atoms with E-state index in [9.17, 15) is 9.13 Å². The van der Waals surface area contributed by atoms with Gasteiger partial charge in [-0.3, -0.25) is 4.57 Å². The van der Waals surface area contributed by atoms with E-state index in [4.69, 9.17) is 4.89 Å². The zero-order chi connectivity index (χ0) is 8.91. The van der Waals surface area contributed by atoms with Gasteiger partial charge in [-0.2, -0.15) is 0 Å². The molecule has 0 heterocycles. The molecule has 0 spiro atoms. The normalized spacial score (nSPS) is 13.2. The van der Waals surface area contributed by atoms with Crippen LogP contribution in [0.1, 0.15) is 0 Å². The van der Waals surface area contributed by atoms with Crippen LogP contribution in [0.5, 0.6) is 0 Å². The van der Waals surface area contributed by atoms with Crippen LogP contribution in [-0.2, 0) is 22.7 Å². The van der Waals surface area contributed by atoms with Gasteiger partial charge in [0.25, 0.3) is 0 Å². The second-order valence-electron chi connectivity index (χ2n) is 1.47. The minimum Gasteiger partial charge on any atom is -0.310 e. The fraction of sp³-hybridized carbons (Fsp3) is 1.00. The van der Waals surface area contributed by atoms with E-state index in [0.29, 0.717) is 0 Å². The molecule has 0 saturated heterocycles. The molecule has 6 nitrogen and oxygen atoms in total. The maximum absolute atomic E-state index is 11.0. The van der Waals surface area contributed by atoms with Crippen LogP contribution >= 0.6 is 15.9 Å². The molecule has 0 aliphatic rings. The van der Waals surface area contributed by atoms with Crippen LogP contribution in [0.4, 0.5) is 0 Å². The number of hydrogen-bond acceptors (Lipinski definition) is 5. The quantitative estimate of drug-likeness (QED) is 0.673. The van der Waals surface area contributed by atoms with Crippen molar-refractivity contribution in [2.75, 3.05) is 20.6 Å². The van der Waals surface area contributed by atoms with Crippen LogP contribution in [0.2, 0.25) is 0 Å². The highest BCUT2D eigenvalue weighted by Gasteiger charge is 2.27. The van der Waals surface area contributed by atoms with E-state index in [1.807, 2.05) is 0 Å². The first-order valence-corrected chi connectivity index (χ1v) is 5.39. The van der Waals surface area contributed by atoms with Gasteiger partial charge < -0.3 is 9.05 Å². The van der Waals surface area contributed by atoms with Crippen LogP contribution in [0, 0.1) is 0 Å². The van der Waals surface area contributed by atoms with E-state index in [1.165, 1.54) is 0 Å². The van der Waals surface area contributed by atoms with Crippen molar-refractivity contribution in [3.05, 3.63) is 0 Å². The third-order valence-corrected chi connectivity index (χ3v) is 2.99. The predicted molar refractivity (Wildman–Crippen MR) is 37.4 cm³/mol. The largest absolute Gasteiger partial charge is 0.695 e. The van der Waals surface area contributed by atoms with E-state index in [1.54, 1.807) is 0 Å². The highest BCUT2D eigenvalue weighted by Crippen LogP contribution is 2.47. The summed E-state index contributed by atoms with van der Waals surface area (Å²) in [6.45, 7) is 0. The summed E-state index contributed by atoms with van der Waals surface area (Å²) in [7, 11) is -3.73. The van der Waals surface area contributed by atoms with Crippen molar-refractivity contribution < 1.29 is 27.6 Å². The number of rotatable bonds is 5. The summed E-state index contributed by atoms with van der Waals surface area (Å²) in [6, 6.07) is 0. The average Bonchev–Trinajstić information content (AvgIpc) is 2.00. The lowest BCUT2D eigenvalue weighted by Gasteiger charge is -2.08. The smallest absolute Gasteiger partial charge is 0.310 e. The Hall–Kier alpha value is 0.170. The van der Waals surface area contributed by atoms with Gasteiger partial charge >= 0.3 is 15.9 Å². The molecule has 0 aromatic carbocycles. The Morgan fingerprint density at radius 3 is 2.18 bits per heavy atom. The monoisotopic (exact) mass is 203 g/mol. The van der Waals surface area contributed by atoms with Gasteiger partial charge in [-0.15, -0.1) is 9.42 Å². The molecule has 0 saturated carbocycles. The molecule has 1 unspecified atom stereocenters. The molecule has 0 aliphatic heterocycles. The minimum atomic E-state index is -3.30. The fourth-order valence-corrected chi connectivity index (χ4v) is 1.62. The molecule has 0 bridgehead atoms. The van der Waals surface area contributed by atoms with Crippen LogP contribution in [-0.4, -0.2) is 25.5 Å². The van der Waals surface area contributed by atoms with Crippen LogP contribution in [0.3, 0.4) is 0 Å². The Morgan fingerprint density at radius 2 is 1.91 bits per heavy atom. The Kier molecular flexibility index (Phi) is 5.01. The van der Waals surface area contributed by atoms with Crippen molar-refractivity contribution in [3.8, 4) is 0 Å². The van der Waals surface area contributed by atoms with Gasteiger partial charge in [0.2, 0.25) is 6.35 Å². The maximum Gasteiger partial charge on any atom is 0.695 e. The molecule has 0 rings (SSSR count). The molecular formula is C3H9O6P2+. The zero-order valence-electron chi connectivity index (χ0n) is 6.09. The summed E-state index contributed by atoms with van der Waals surface area (Å²) < 4.78 is 34.0. The topological polar surface area (TPSA) is 82.1 Å². The first-order chi connectivity index (χ1) is 5.04. The van der Waals surface area contributed by atoms with E-state index < -0.39 is 22.2 Å². The van der Waals surface area contributed by atoms with Gasteiger partial charge in [0.1, 0.15) is 0 Å². The Bertz CT molecular complexity index is 171. The molecule has 11 heavy (non-hydrogen) atoms. The van der Waals surface area contributed by atoms with Crippen LogP contribution in [0.15, 0.2) is 0 Å². The molecule has 1 atom stereocenters. The third-order valence-electron chi connectivity index (χ3n) is 0.883. The van der Waals surface area contributed by atoms with Crippen LogP contribution < -0.4 is 0 Å². The van der Waals surface area contributed by atoms with Gasteiger partial charge in [-0.05, 0) is 0 Å². The minimum absolute atomic E-state index is 0.522. The van der Waals surface area contributed by atoms with E-state index in [-0.39, 0.29) is 0 Å². The SMILES string of the molecule is COP(=O)(CO[P+](=O)O)OC. The maximum atomic E-state index is 11.0.